The number of primary amides is 1. The second kappa shape index (κ2) is 8.99. The summed E-state index contributed by atoms with van der Waals surface area (Å²) in [6.45, 7) is 4.47. The minimum absolute atomic E-state index is 0.0789. The van der Waals surface area contributed by atoms with E-state index < -0.39 is 5.91 Å². The summed E-state index contributed by atoms with van der Waals surface area (Å²) in [6, 6.07) is 13.0. The molecule has 0 saturated carbocycles. The highest BCUT2D eigenvalue weighted by atomic mass is 16.3. The van der Waals surface area contributed by atoms with Gasteiger partial charge in [-0.25, -0.2) is 0 Å². The van der Waals surface area contributed by atoms with Gasteiger partial charge >= 0.3 is 0 Å². The van der Waals surface area contributed by atoms with Crippen molar-refractivity contribution in [2.24, 2.45) is 5.73 Å². The number of benzene rings is 2. The molecule has 1 heterocycles. The molecule has 0 aromatic heterocycles. The molecule has 1 aliphatic heterocycles. The molecule has 6 heteroatoms. The SMILES string of the molecule is CC(=O)c1ccc(C(N)=O)cc1Nc1ccc(C2CCN(CCO)CC2)cc1. The van der Waals surface area contributed by atoms with Crippen molar-refractivity contribution in [2.45, 2.75) is 25.7 Å². The molecule has 0 aliphatic carbocycles. The number of hydrogen-bond donors (Lipinski definition) is 3. The molecule has 148 valence electrons. The van der Waals surface area contributed by atoms with Gasteiger partial charge in [-0.1, -0.05) is 12.1 Å². The van der Waals surface area contributed by atoms with Gasteiger partial charge in [-0.15, -0.1) is 0 Å². The van der Waals surface area contributed by atoms with Crippen molar-refractivity contribution >= 4 is 23.1 Å². The fourth-order valence-corrected chi connectivity index (χ4v) is 3.73. The average Bonchev–Trinajstić information content (AvgIpc) is 2.69. The summed E-state index contributed by atoms with van der Waals surface area (Å²) >= 11 is 0. The van der Waals surface area contributed by atoms with E-state index in [-0.39, 0.29) is 12.4 Å². The molecule has 2 aromatic carbocycles. The number of hydrogen-bond acceptors (Lipinski definition) is 5. The zero-order valence-electron chi connectivity index (χ0n) is 16.1. The van der Waals surface area contributed by atoms with Gasteiger partial charge in [-0.05, 0) is 74.7 Å². The van der Waals surface area contributed by atoms with Crippen LogP contribution in [0.4, 0.5) is 11.4 Å². The van der Waals surface area contributed by atoms with Gasteiger partial charge in [-0.2, -0.15) is 0 Å². The normalized spacial score (nSPS) is 15.4. The van der Waals surface area contributed by atoms with Crippen LogP contribution < -0.4 is 11.1 Å². The van der Waals surface area contributed by atoms with E-state index in [0.29, 0.717) is 22.7 Å². The van der Waals surface area contributed by atoms with Gasteiger partial charge in [-0.3, -0.25) is 9.59 Å². The zero-order chi connectivity index (χ0) is 20.1. The van der Waals surface area contributed by atoms with Crippen LogP contribution in [0.2, 0.25) is 0 Å². The van der Waals surface area contributed by atoms with E-state index in [1.54, 1.807) is 18.2 Å². The van der Waals surface area contributed by atoms with E-state index in [1.165, 1.54) is 12.5 Å². The lowest BCUT2D eigenvalue weighted by atomic mass is 9.89. The third-order valence-corrected chi connectivity index (χ3v) is 5.35. The predicted molar refractivity (Wildman–Crippen MR) is 110 cm³/mol. The molecule has 1 fully saturated rings. The molecule has 1 saturated heterocycles. The summed E-state index contributed by atoms with van der Waals surface area (Å²) in [6.07, 6.45) is 2.17. The molecule has 0 spiro atoms. The molecule has 1 amide bonds. The number of ketones is 1. The second-order valence-corrected chi connectivity index (χ2v) is 7.27. The second-order valence-electron chi connectivity index (χ2n) is 7.27. The number of rotatable bonds is 7. The Morgan fingerprint density at radius 2 is 1.82 bits per heavy atom. The fraction of sp³-hybridized carbons (Fsp3) is 0.364. The van der Waals surface area contributed by atoms with Crippen LogP contribution in [0, 0.1) is 0 Å². The standard InChI is InChI=1S/C22H27N3O3/c1-15(27)20-7-4-18(22(23)28)14-21(20)24-19-5-2-16(3-6-19)17-8-10-25(11-9-17)12-13-26/h2-7,14,17,24,26H,8-13H2,1H3,(H2,23,28). The quantitative estimate of drug-likeness (QED) is 0.641. The number of nitrogens with two attached hydrogens (primary N) is 1. The minimum atomic E-state index is -0.527. The fourth-order valence-electron chi connectivity index (χ4n) is 3.73. The number of aliphatic hydroxyl groups is 1. The smallest absolute Gasteiger partial charge is 0.248 e. The molecule has 4 N–H and O–H groups in total. The van der Waals surface area contributed by atoms with Gasteiger partial charge < -0.3 is 21.1 Å². The van der Waals surface area contributed by atoms with E-state index >= 15 is 0 Å². The number of amides is 1. The molecule has 3 rings (SSSR count). The molecule has 2 aromatic rings. The molecule has 28 heavy (non-hydrogen) atoms. The molecule has 6 nitrogen and oxygen atoms in total. The third kappa shape index (κ3) is 4.77. The van der Waals surface area contributed by atoms with Crippen molar-refractivity contribution < 1.29 is 14.7 Å². The first-order chi connectivity index (χ1) is 13.5. The van der Waals surface area contributed by atoms with Crippen LogP contribution >= 0.6 is 0 Å². The number of aliphatic hydroxyl groups excluding tert-OH is 1. The van der Waals surface area contributed by atoms with Crippen molar-refractivity contribution in [2.75, 3.05) is 31.6 Å². The van der Waals surface area contributed by atoms with Gasteiger partial charge in [0.15, 0.2) is 5.78 Å². The van der Waals surface area contributed by atoms with Crippen LogP contribution in [-0.4, -0.2) is 47.9 Å². The number of anilines is 2. The summed E-state index contributed by atoms with van der Waals surface area (Å²) in [5, 5.41) is 12.3. The molecular formula is C22H27N3O3. The van der Waals surface area contributed by atoms with Gasteiger partial charge in [0, 0.05) is 23.4 Å². The Balaban J connectivity index is 1.72. The minimum Gasteiger partial charge on any atom is -0.395 e. The number of nitrogens with one attached hydrogen (secondary N) is 1. The number of piperidine rings is 1. The summed E-state index contributed by atoms with van der Waals surface area (Å²) < 4.78 is 0. The molecular weight excluding hydrogens is 354 g/mol. The van der Waals surface area contributed by atoms with Crippen LogP contribution in [0.25, 0.3) is 0 Å². The Morgan fingerprint density at radius 3 is 2.39 bits per heavy atom. The van der Waals surface area contributed by atoms with Crippen molar-refractivity contribution in [3.63, 3.8) is 0 Å². The maximum atomic E-state index is 11.9. The first kappa shape index (κ1) is 20.0. The van der Waals surface area contributed by atoms with Crippen LogP contribution in [0.1, 0.15) is 52.0 Å². The maximum absolute atomic E-state index is 11.9. The Bertz CT molecular complexity index is 841. The van der Waals surface area contributed by atoms with Crippen molar-refractivity contribution in [3.05, 3.63) is 59.2 Å². The van der Waals surface area contributed by atoms with Crippen LogP contribution in [-0.2, 0) is 0 Å². The van der Waals surface area contributed by atoms with E-state index in [4.69, 9.17) is 10.8 Å². The summed E-state index contributed by atoms with van der Waals surface area (Å²) in [7, 11) is 0. The Labute approximate surface area is 165 Å². The molecule has 0 radical (unpaired) electrons. The largest absolute Gasteiger partial charge is 0.395 e. The lowest BCUT2D eigenvalue weighted by Gasteiger charge is -2.31. The van der Waals surface area contributed by atoms with Crippen molar-refractivity contribution in [1.29, 1.82) is 0 Å². The average molecular weight is 381 g/mol. The number of nitrogens with zero attached hydrogens (tertiary/aromatic N) is 1. The Hall–Kier alpha value is -2.70. The maximum Gasteiger partial charge on any atom is 0.248 e. The summed E-state index contributed by atoms with van der Waals surface area (Å²) in [5.41, 5.74) is 8.97. The van der Waals surface area contributed by atoms with E-state index in [1.807, 2.05) is 12.1 Å². The lowest BCUT2D eigenvalue weighted by Crippen LogP contribution is -2.34. The molecule has 0 unspecified atom stereocenters. The number of carbonyl (C=O) groups is 2. The van der Waals surface area contributed by atoms with Gasteiger partial charge in [0.05, 0.1) is 12.3 Å². The molecule has 0 bridgehead atoms. The first-order valence-corrected chi connectivity index (χ1v) is 9.63. The summed E-state index contributed by atoms with van der Waals surface area (Å²) in [5.74, 6) is -0.0826. The summed E-state index contributed by atoms with van der Waals surface area (Å²) in [4.78, 5) is 25.7. The van der Waals surface area contributed by atoms with Gasteiger partial charge in [0.1, 0.15) is 0 Å². The van der Waals surface area contributed by atoms with Crippen molar-refractivity contribution in [3.8, 4) is 0 Å². The highest BCUT2D eigenvalue weighted by molar-refractivity contribution is 6.03. The predicted octanol–water partition coefficient (Wildman–Crippen LogP) is 2.90. The monoisotopic (exact) mass is 381 g/mol. The Kier molecular flexibility index (Phi) is 6.44. The number of carbonyl (C=O) groups excluding carboxylic acids is 2. The topological polar surface area (TPSA) is 95.7 Å². The molecule has 0 atom stereocenters. The van der Waals surface area contributed by atoms with Crippen LogP contribution in [0.3, 0.4) is 0 Å². The third-order valence-electron chi connectivity index (χ3n) is 5.35. The number of likely N-dealkylation sites (tertiary alicyclic amines) is 1. The van der Waals surface area contributed by atoms with E-state index in [9.17, 15) is 9.59 Å². The lowest BCUT2D eigenvalue weighted by molar-refractivity contribution is 0.0993. The number of Topliss-reactive ketones (excluding diaryl/α,β-unsaturated/α-hetero) is 1. The highest BCUT2D eigenvalue weighted by Crippen LogP contribution is 2.30. The van der Waals surface area contributed by atoms with Crippen molar-refractivity contribution in [1.82, 2.24) is 4.90 Å². The van der Waals surface area contributed by atoms with Crippen LogP contribution in [0.5, 0.6) is 0 Å². The van der Waals surface area contributed by atoms with E-state index in [2.05, 4.69) is 22.3 Å². The zero-order valence-corrected chi connectivity index (χ0v) is 16.1. The molecule has 1 aliphatic rings. The highest BCUT2D eigenvalue weighted by Gasteiger charge is 2.20. The van der Waals surface area contributed by atoms with Crippen LogP contribution in [0.15, 0.2) is 42.5 Å². The number of β-amino-alcohol motifs (C(OH)–C–C–N with tert-alkyl or cyclic N) is 1. The van der Waals surface area contributed by atoms with Gasteiger partial charge in [0.2, 0.25) is 5.91 Å². The first-order valence-electron chi connectivity index (χ1n) is 9.63. The van der Waals surface area contributed by atoms with Gasteiger partial charge in [0.25, 0.3) is 0 Å². The Morgan fingerprint density at radius 1 is 1.14 bits per heavy atom. The van der Waals surface area contributed by atoms with E-state index in [0.717, 1.165) is 38.2 Å².